The molecule has 0 aliphatic heterocycles. The molecule has 2 aromatic rings. The van der Waals surface area contributed by atoms with Gasteiger partial charge in [0.2, 0.25) is 0 Å². The summed E-state index contributed by atoms with van der Waals surface area (Å²) in [6.45, 7) is 0. The molecule has 2 rings (SSSR count). The fourth-order valence-corrected chi connectivity index (χ4v) is 2.71. The van der Waals surface area contributed by atoms with Crippen molar-refractivity contribution in [1.82, 2.24) is 0 Å². The minimum Gasteiger partial charge on any atom is -0.391 e. The second-order valence-corrected chi connectivity index (χ2v) is 5.00. The molecule has 0 bridgehead atoms. The lowest BCUT2D eigenvalue weighted by molar-refractivity contribution is 1.87. The van der Waals surface area contributed by atoms with Gasteiger partial charge in [-0.1, -0.05) is 11.6 Å². The van der Waals surface area contributed by atoms with Crippen molar-refractivity contribution >= 4 is 39.3 Å². The fourth-order valence-electron chi connectivity index (χ4n) is 0.951. The zero-order valence-corrected chi connectivity index (χ0v) is 8.47. The van der Waals surface area contributed by atoms with Crippen molar-refractivity contribution < 1.29 is 0 Å². The van der Waals surface area contributed by atoms with Gasteiger partial charge in [-0.05, 0) is 18.2 Å². The third kappa shape index (κ3) is 1.48. The first-order valence-electron chi connectivity index (χ1n) is 3.35. The maximum atomic E-state index is 5.81. The molecule has 0 saturated heterocycles. The van der Waals surface area contributed by atoms with Crippen molar-refractivity contribution in [1.29, 1.82) is 0 Å². The van der Waals surface area contributed by atoms with E-state index in [1.165, 1.54) is 4.88 Å². The maximum absolute atomic E-state index is 5.81. The summed E-state index contributed by atoms with van der Waals surface area (Å²) in [5.41, 5.74) is 6.77. The van der Waals surface area contributed by atoms with Crippen LogP contribution >= 0.6 is 34.3 Å². The molecule has 2 aromatic heterocycles. The Hall–Kier alpha value is -0.510. The third-order valence-electron chi connectivity index (χ3n) is 1.48. The van der Waals surface area contributed by atoms with Crippen molar-refractivity contribution in [3.05, 3.63) is 27.9 Å². The molecule has 1 nitrogen and oxygen atoms in total. The van der Waals surface area contributed by atoms with E-state index in [-0.39, 0.29) is 0 Å². The number of anilines is 1. The maximum Gasteiger partial charge on any atom is 0.0934 e. The summed E-state index contributed by atoms with van der Waals surface area (Å²) in [7, 11) is 0. The topological polar surface area (TPSA) is 26.0 Å². The molecule has 12 heavy (non-hydrogen) atoms. The largest absolute Gasteiger partial charge is 0.391 e. The minimum absolute atomic E-state index is 0.815. The molecule has 0 amide bonds. The normalized spacial score (nSPS) is 10.4. The van der Waals surface area contributed by atoms with Gasteiger partial charge < -0.3 is 5.73 Å². The van der Waals surface area contributed by atoms with Crippen molar-refractivity contribution in [2.24, 2.45) is 0 Å². The molecular weight excluding hydrogens is 210 g/mol. The number of nitrogens with two attached hydrogens (primary N) is 1. The Morgan fingerprint density at radius 1 is 1.33 bits per heavy atom. The highest BCUT2D eigenvalue weighted by atomic mass is 35.5. The van der Waals surface area contributed by atoms with E-state index in [1.54, 1.807) is 22.7 Å². The van der Waals surface area contributed by atoms with Gasteiger partial charge in [-0.15, -0.1) is 22.7 Å². The lowest BCUT2D eigenvalue weighted by atomic mass is 10.3. The lowest BCUT2D eigenvalue weighted by Gasteiger charge is -1.86. The molecule has 0 fully saturated rings. The van der Waals surface area contributed by atoms with E-state index in [0.29, 0.717) is 0 Å². The van der Waals surface area contributed by atoms with Gasteiger partial charge in [-0.3, -0.25) is 0 Å². The molecule has 62 valence electrons. The predicted molar refractivity (Wildman–Crippen MR) is 57.1 cm³/mol. The Morgan fingerprint density at radius 3 is 2.67 bits per heavy atom. The van der Waals surface area contributed by atoms with Crippen LogP contribution in [0.2, 0.25) is 4.34 Å². The van der Waals surface area contributed by atoms with Crippen LogP contribution in [0.4, 0.5) is 5.00 Å². The Morgan fingerprint density at radius 2 is 2.17 bits per heavy atom. The van der Waals surface area contributed by atoms with Gasteiger partial charge in [-0.2, -0.15) is 0 Å². The highest BCUT2D eigenvalue weighted by Crippen LogP contribution is 2.34. The van der Waals surface area contributed by atoms with E-state index >= 15 is 0 Å². The van der Waals surface area contributed by atoms with Gasteiger partial charge in [0.25, 0.3) is 0 Å². The number of nitrogen functional groups attached to an aromatic ring is 1. The second-order valence-electron chi connectivity index (χ2n) is 2.34. The van der Waals surface area contributed by atoms with Crippen LogP contribution in [0.3, 0.4) is 0 Å². The van der Waals surface area contributed by atoms with Crippen LogP contribution in [0, 0.1) is 0 Å². The Labute approximate surface area is 83.4 Å². The SMILES string of the molecule is Nc1cc(-c2ccc(Cl)s2)cs1. The average Bonchev–Trinajstić information content (AvgIpc) is 2.58. The lowest BCUT2D eigenvalue weighted by Crippen LogP contribution is -1.73. The summed E-state index contributed by atoms with van der Waals surface area (Å²) >= 11 is 8.93. The molecule has 0 spiro atoms. The first-order chi connectivity index (χ1) is 5.75. The standard InChI is InChI=1S/C8H6ClNS2/c9-7-2-1-6(12-7)5-3-8(10)11-4-5/h1-4H,10H2. The number of hydrogen-bond donors (Lipinski definition) is 1. The molecule has 0 radical (unpaired) electrons. The molecule has 0 aliphatic carbocycles. The van der Waals surface area contributed by atoms with Crippen LogP contribution in [0.15, 0.2) is 23.6 Å². The van der Waals surface area contributed by atoms with Gasteiger partial charge in [0.05, 0.1) is 9.34 Å². The van der Waals surface area contributed by atoms with E-state index in [4.69, 9.17) is 17.3 Å². The molecule has 0 atom stereocenters. The zero-order chi connectivity index (χ0) is 8.55. The molecule has 0 saturated carbocycles. The predicted octanol–water partition coefficient (Wildman–Crippen LogP) is 3.71. The van der Waals surface area contributed by atoms with Crippen LogP contribution in [-0.2, 0) is 0 Å². The summed E-state index contributed by atoms with van der Waals surface area (Å²) in [5, 5.41) is 2.88. The van der Waals surface area contributed by atoms with E-state index in [9.17, 15) is 0 Å². The van der Waals surface area contributed by atoms with E-state index in [0.717, 1.165) is 14.9 Å². The number of hydrogen-bond acceptors (Lipinski definition) is 3. The summed E-state index contributed by atoms with van der Waals surface area (Å²) in [4.78, 5) is 1.17. The van der Waals surface area contributed by atoms with Gasteiger partial charge in [-0.25, -0.2) is 0 Å². The van der Waals surface area contributed by atoms with Crippen molar-refractivity contribution in [2.45, 2.75) is 0 Å². The summed E-state index contributed by atoms with van der Waals surface area (Å²) in [6, 6.07) is 5.87. The van der Waals surface area contributed by atoms with Gasteiger partial charge >= 0.3 is 0 Å². The molecule has 2 heterocycles. The number of halogens is 1. The van der Waals surface area contributed by atoms with E-state index < -0.39 is 0 Å². The van der Waals surface area contributed by atoms with Gasteiger partial charge in [0, 0.05) is 15.8 Å². The highest BCUT2D eigenvalue weighted by Gasteiger charge is 2.02. The van der Waals surface area contributed by atoms with Crippen LogP contribution < -0.4 is 5.73 Å². The Kier molecular flexibility index (Phi) is 2.09. The number of rotatable bonds is 1. The average molecular weight is 216 g/mol. The zero-order valence-electron chi connectivity index (χ0n) is 6.08. The molecule has 2 N–H and O–H groups in total. The first kappa shape index (κ1) is 8.10. The van der Waals surface area contributed by atoms with Crippen LogP contribution in [-0.4, -0.2) is 0 Å². The minimum atomic E-state index is 0.815. The van der Waals surface area contributed by atoms with E-state index in [2.05, 4.69) is 0 Å². The van der Waals surface area contributed by atoms with Gasteiger partial charge in [0.1, 0.15) is 0 Å². The molecule has 4 heteroatoms. The highest BCUT2D eigenvalue weighted by molar-refractivity contribution is 7.20. The summed E-state index contributed by atoms with van der Waals surface area (Å²) < 4.78 is 0.815. The molecule has 0 aliphatic rings. The Balaban J connectivity index is 2.43. The fraction of sp³-hybridized carbons (Fsp3) is 0. The summed E-state index contributed by atoms with van der Waals surface area (Å²) in [6.07, 6.45) is 0. The van der Waals surface area contributed by atoms with Crippen LogP contribution in [0.25, 0.3) is 10.4 Å². The van der Waals surface area contributed by atoms with Crippen molar-refractivity contribution in [3.8, 4) is 10.4 Å². The van der Waals surface area contributed by atoms with Crippen molar-refractivity contribution in [3.63, 3.8) is 0 Å². The first-order valence-corrected chi connectivity index (χ1v) is 5.43. The summed E-state index contributed by atoms with van der Waals surface area (Å²) in [5.74, 6) is 0. The number of thiophene rings is 2. The van der Waals surface area contributed by atoms with Gasteiger partial charge in [0.15, 0.2) is 0 Å². The quantitative estimate of drug-likeness (QED) is 0.771. The molecular formula is C8H6ClNS2. The Bertz CT molecular complexity index is 353. The van der Waals surface area contributed by atoms with Crippen LogP contribution in [0.1, 0.15) is 0 Å². The van der Waals surface area contributed by atoms with Crippen molar-refractivity contribution in [2.75, 3.05) is 5.73 Å². The smallest absolute Gasteiger partial charge is 0.0934 e. The second kappa shape index (κ2) is 3.09. The van der Waals surface area contributed by atoms with E-state index in [1.807, 2.05) is 23.6 Å². The molecule has 0 aromatic carbocycles. The van der Waals surface area contributed by atoms with Crippen LogP contribution in [0.5, 0.6) is 0 Å². The third-order valence-corrected chi connectivity index (χ3v) is 3.52. The monoisotopic (exact) mass is 215 g/mol. The molecule has 0 unspecified atom stereocenters.